The highest BCUT2D eigenvalue weighted by Crippen LogP contribution is 2.47. The topological polar surface area (TPSA) is 96.2 Å². The molecular formula is C20H18O6. The molecule has 3 N–H and O–H groups in total. The lowest BCUT2D eigenvalue weighted by atomic mass is 9.90. The number of carbonyl (C=O) groups is 1. The second-order valence-electron chi connectivity index (χ2n) is 6.99. The average Bonchev–Trinajstić information content (AvgIpc) is 2.57. The molecule has 2 heterocycles. The van der Waals surface area contributed by atoms with Gasteiger partial charge in [-0.1, -0.05) is 12.1 Å². The molecule has 0 spiro atoms. The Balaban J connectivity index is 1.81. The number of carbonyl (C=O) groups excluding carboxylic acids is 1. The fraction of sp³-hybridized carbons (Fsp3) is 0.250. The van der Waals surface area contributed by atoms with E-state index >= 15 is 0 Å². The maximum Gasteiger partial charge on any atom is 0.202 e. The summed E-state index contributed by atoms with van der Waals surface area (Å²) in [5.74, 6) is -0.261. The summed E-state index contributed by atoms with van der Waals surface area (Å²) in [7, 11) is 0. The van der Waals surface area contributed by atoms with Gasteiger partial charge in [0.15, 0.2) is 12.2 Å². The van der Waals surface area contributed by atoms with Crippen molar-refractivity contribution in [3.63, 3.8) is 0 Å². The fourth-order valence-corrected chi connectivity index (χ4v) is 3.22. The zero-order valence-corrected chi connectivity index (χ0v) is 14.3. The molecule has 0 fully saturated rings. The summed E-state index contributed by atoms with van der Waals surface area (Å²) >= 11 is 0. The largest absolute Gasteiger partial charge is 0.508 e. The summed E-state index contributed by atoms with van der Waals surface area (Å²) in [5, 5.41) is 30.4. The summed E-state index contributed by atoms with van der Waals surface area (Å²) in [5.41, 5.74) is 0.310. The molecule has 0 saturated carbocycles. The van der Waals surface area contributed by atoms with Gasteiger partial charge in [0.05, 0.1) is 5.56 Å². The lowest BCUT2D eigenvalue weighted by Gasteiger charge is -2.33. The monoisotopic (exact) mass is 354 g/mol. The first-order valence-electron chi connectivity index (χ1n) is 8.23. The van der Waals surface area contributed by atoms with Crippen molar-refractivity contribution in [3.05, 3.63) is 53.1 Å². The van der Waals surface area contributed by atoms with Gasteiger partial charge in [-0.15, -0.1) is 0 Å². The Morgan fingerprint density at radius 3 is 2.46 bits per heavy atom. The number of benzene rings is 2. The predicted octanol–water partition coefficient (Wildman–Crippen LogP) is 2.96. The molecular weight excluding hydrogens is 336 g/mol. The van der Waals surface area contributed by atoms with E-state index in [0.717, 1.165) is 0 Å². The van der Waals surface area contributed by atoms with E-state index in [-0.39, 0.29) is 22.8 Å². The molecule has 0 aromatic heterocycles. The summed E-state index contributed by atoms with van der Waals surface area (Å²) in [6, 6.07) is 7.61. The SMILES string of the molecule is CC1(C)C=Cc2c(cc3c(c2O)C(=O)C(O)C(c2ccc(O)cc2)O3)O1. The molecule has 6 heteroatoms. The van der Waals surface area contributed by atoms with E-state index in [1.54, 1.807) is 30.4 Å². The lowest BCUT2D eigenvalue weighted by molar-refractivity contribution is 0.0208. The number of aliphatic hydroxyl groups excluding tert-OH is 1. The zero-order valence-electron chi connectivity index (χ0n) is 14.3. The van der Waals surface area contributed by atoms with Crippen molar-refractivity contribution in [2.75, 3.05) is 0 Å². The maximum absolute atomic E-state index is 12.7. The van der Waals surface area contributed by atoms with Gasteiger partial charge in [0, 0.05) is 6.07 Å². The van der Waals surface area contributed by atoms with Gasteiger partial charge in [0.25, 0.3) is 0 Å². The first kappa shape index (κ1) is 16.5. The normalized spacial score (nSPS) is 22.8. The van der Waals surface area contributed by atoms with Gasteiger partial charge in [-0.25, -0.2) is 0 Å². The van der Waals surface area contributed by atoms with Crippen LogP contribution in [0.25, 0.3) is 6.08 Å². The zero-order chi connectivity index (χ0) is 18.6. The number of Topliss-reactive ketones (excluding diaryl/α,β-unsaturated/α-hetero) is 1. The third-order valence-corrected chi connectivity index (χ3v) is 4.57. The van der Waals surface area contributed by atoms with Crippen molar-refractivity contribution in [1.82, 2.24) is 0 Å². The molecule has 0 radical (unpaired) electrons. The molecule has 2 aliphatic rings. The number of aliphatic hydroxyl groups is 1. The second-order valence-corrected chi connectivity index (χ2v) is 6.99. The molecule has 6 nitrogen and oxygen atoms in total. The van der Waals surface area contributed by atoms with Gasteiger partial charge >= 0.3 is 0 Å². The third kappa shape index (κ3) is 2.50. The van der Waals surface area contributed by atoms with Crippen molar-refractivity contribution in [2.24, 2.45) is 0 Å². The number of fused-ring (bicyclic) bond motifs is 2. The standard InChI is InChI=1S/C20H18O6/c1-20(2)8-7-12-13(26-20)9-14-15(16(12)22)17(23)18(24)19(25-14)10-3-5-11(21)6-4-10/h3-9,18-19,21-22,24H,1-2H3. The van der Waals surface area contributed by atoms with Crippen LogP contribution in [0.1, 0.15) is 41.4 Å². The molecule has 2 aromatic rings. The highest BCUT2D eigenvalue weighted by Gasteiger charge is 2.41. The van der Waals surface area contributed by atoms with Crippen LogP contribution in [0.2, 0.25) is 0 Å². The van der Waals surface area contributed by atoms with E-state index in [4.69, 9.17) is 9.47 Å². The van der Waals surface area contributed by atoms with Gasteiger partial charge < -0.3 is 24.8 Å². The Morgan fingerprint density at radius 1 is 1.08 bits per heavy atom. The van der Waals surface area contributed by atoms with Gasteiger partial charge in [-0.05, 0) is 43.7 Å². The summed E-state index contributed by atoms with van der Waals surface area (Å²) in [6.45, 7) is 3.75. The third-order valence-electron chi connectivity index (χ3n) is 4.57. The number of hydrogen-bond acceptors (Lipinski definition) is 6. The van der Waals surface area contributed by atoms with Crippen LogP contribution in [0.4, 0.5) is 0 Å². The molecule has 2 aromatic carbocycles. The molecule has 0 aliphatic carbocycles. The van der Waals surface area contributed by atoms with Crippen LogP contribution in [-0.4, -0.2) is 32.8 Å². The van der Waals surface area contributed by atoms with Crippen LogP contribution in [-0.2, 0) is 0 Å². The van der Waals surface area contributed by atoms with Crippen molar-refractivity contribution in [2.45, 2.75) is 31.7 Å². The van der Waals surface area contributed by atoms with Crippen LogP contribution in [0.15, 0.2) is 36.4 Å². The Kier molecular flexibility index (Phi) is 3.49. The number of ketones is 1. The van der Waals surface area contributed by atoms with Crippen LogP contribution < -0.4 is 9.47 Å². The Bertz CT molecular complexity index is 926. The maximum atomic E-state index is 12.7. The number of phenols is 2. The molecule has 0 saturated heterocycles. The molecule has 0 bridgehead atoms. The van der Waals surface area contributed by atoms with E-state index in [2.05, 4.69) is 0 Å². The number of phenolic OH excluding ortho intramolecular Hbond substituents is 2. The first-order valence-corrected chi connectivity index (χ1v) is 8.23. The summed E-state index contributed by atoms with van der Waals surface area (Å²) in [6.07, 6.45) is 1.06. The minimum atomic E-state index is -1.47. The Hall–Kier alpha value is -2.99. The van der Waals surface area contributed by atoms with E-state index in [0.29, 0.717) is 16.9 Å². The fourth-order valence-electron chi connectivity index (χ4n) is 3.22. The lowest BCUT2D eigenvalue weighted by Crippen LogP contribution is -2.36. The van der Waals surface area contributed by atoms with Gasteiger partial charge in [-0.2, -0.15) is 0 Å². The van der Waals surface area contributed by atoms with E-state index in [9.17, 15) is 20.1 Å². The molecule has 2 unspecified atom stereocenters. The number of hydrogen-bond donors (Lipinski definition) is 3. The van der Waals surface area contributed by atoms with Gasteiger partial charge in [-0.3, -0.25) is 4.79 Å². The predicted molar refractivity (Wildman–Crippen MR) is 93.7 cm³/mol. The van der Waals surface area contributed by atoms with Crippen LogP contribution >= 0.6 is 0 Å². The number of rotatable bonds is 1. The van der Waals surface area contributed by atoms with Crippen molar-refractivity contribution < 1.29 is 29.6 Å². The Morgan fingerprint density at radius 2 is 1.77 bits per heavy atom. The van der Waals surface area contributed by atoms with Crippen molar-refractivity contribution in [3.8, 4) is 23.0 Å². The quantitative estimate of drug-likeness (QED) is 0.729. The van der Waals surface area contributed by atoms with Crippen LogP contribution in [0.3, 0.4) is 0 Å². The average molecular weight is 354 g/mol. The van der Waals surface area contributed by atoms with Gasteiger partial charge in [0.2, 0.25) is 5.78 Å². The summed E-state index contributed by atoms with van der Waals surface area (Å²) < 4.78 is 11.7. The summed E-state index contributed by atoms with van der Waals surface area (Å²) in [4.78, 5) is 12.7. The molecule has 26 heavy (non-hydrogen) atoms. The van der Waals surface area contributed by atoms with Crippen LogP contribution in [0.5, 0.6) is 23.0 Å². The van der Waals surface area contributed by atoms with E-state index in [1.165, 1.54) is 12.1 Å². The van der Waals surface area contributed by atoms with Crippen molar-refractivity contribution >= 4 is 11.9 Å². The number of ether oxygens (including phenoxy) is 2. The highest BCUT2D eigenvalue weighted by atomic mass is 16.5. The molecule has 2 atom stereocenters. The van der Waals surface area contributed by atoms with Gasteiger partial charge in [0.1, 0.15) is 34.2 Å². The van der Waals surface area contributed by atoms with Crippen LogP contribution in [0, 0.1) is 0 Å². The molecule has 2 aliphatic heterocycles. The second kappa shape index (κ2) is 5.51. The molecule has 4 rings (SSSR count). The van der Waals surface area contributed by atoms with Crippen molar-refractivity contribution in [1.29, 1.82) is 0 Å². The van der Waals surface area contributed by atoms with E-state index < -0.39 is 23.6 Å². The molecule has 134 valence electrons. The Labute approximate surface area is 149 Å². The van der Waals surface area contributed by atoms with E-state index in [1.807, 2.05) is 13.8 Å². The first-order chi connectivity index (χ1) is 12.3. The smallest absolute Gasteiger partial charge is 0.202 e. The minimum Gasteiger partial charge on any atom is -0.508 e. The highest BCUT2D eigenvalue weighted by molar-refractivity contribution is 6.06. The minimum absolute atomic E-state index is 0.0563. The molecule has 0 amide bonds. The number of aromatic hydroxyl groups is 2.